The minimum atomic E-state index is -1.12. The molecule has 5 N–H and O–H groups in total. The molecule has 0 aromatic rings. The first-order chi connectivity index (χ1) is 12.8. The number of aliphatic hydroxyl groups excluding tert-OH is 1. The number of carbonyl (C=O) groups excluding carboxylic acids is 2. The second-order valence-corrected chi connectivity index (χ2v) is 8.51. The van der Waals surface area contributed by atoms with Crippen molar-refractivity contribution in [2.45, 2.75) is 85.1 Å². The Balaban J connectivity index is 4.80. The third-order valence-corrected chi connectivity index (χ3v) is 4.13. The van der Waals surface area contributed by atoms with Crippen LogP contribution in [0.4, 0.5) is 9.59 Å². The van der Waals surface area contributed by atoms with Gasteiger partial charge in [0.25, 0.3) is 0 Å². The van der Waals surface area contributed by atoms with Crippen molar-refractivity contribution >= 4 is 18.1 Å². The smallest absolute Gasteiger partial charge is 0.407 e. The van der Waals surface area contributed by atoms with Crippen molar-refractivity contribution < 1.29 is 29.3 Å². The molecule has 0 saturated heterocycles. The zero-order chi connectivity index (χ0) is 22.1. The molecule has 28 heavy (non-hydrogen) atoms. The number of alkyl carbamates (subject to hydrolysis) is 1. The van der Waals surface area contributed by atoms with Crippen LogP contribution < -0.4 is 16.0 Å². The number of carbonyl (C=O) groups is 3. The zero-order valence-electron chi connectivity index (χ0n) is 18.0. The predicted molar refractivity (Wildman–Crippen MR) is 106 cm³/mol. The molecule has 9 nitrogen and oxygen atoms in total. The SMILES string of the molecule is CC[C@H](C)[C@H](NC(=O)NCC(O)[C@H](CC(C)C)NC(=O)OC(C)(C)C)C(=O)O. The van der Waals surface area contributed by atoms with Crippen LogP contribution in [0.5, 0.6) is 0 Å². The van der Waals surface area contributed by atoms with Gasteiger partial charge >= 0.3 is 18.1 Å². The monoisotopic (exact) mass is 403 g/mol. The summed E-state index contributed by atoms with van der Waals surface area (Å²) in [5, 5.41) is 27.2. The maximum atomic E-state index is 12.0. The van der Waals surface area contributed by atoms with Crippen LogP contribution >= 0.6 is 0 Å². The third-order valence-electron chi connectivity index (χ3n) is 4.13. The molecular weight excluding hydrogens is 366 g/mol. The first-order valence-electron chi connectivity index (χ1n) is 9.71. The number of amides is 3. The Bertz CT molecular complexity index is 518. The highest BCUT2D eigenvalue weighted by atomic mass is 16.6. The largest absolute Gasteiger partial charge is 0.480 e. The van der Waals surface area contributed by atoms with Gasteiger partial charge in [0.15, 0.2) is 0 Å². The van der Waals surface area contributed by atoms with E-state index in [1.165, 1.54) is 0 Å². The zero-order valence-corrected chi connectivity index (χ0v) is 18.0. The van der Waals surface area contributed by atoms with E-state index in [4.69, 9.17) is 4.74 Å². The summed E-state index contributed by atoms with van der Waals surface area (Å²) in [4.78, 5) is 35.3. The first-order valence-corrected chi connectivity index (χ1v) is 9.71. The van der Waals surface area contributed by atoms with Crippen molar-refractivity contribution in [1.29, 1.82) is 0 Å². The van der Waals surface area contributed by atoms with Gasteiger partial charge in [-0.05, 0) is 39.0 Å². The van der Waals surface area contributed by atoms with E-state index in [2.05, 4.69) is 16.0 Å². The van der Waals surface area contributed by atoms with Crippen molar-refractivity contribution in [2.24, 2.45) is 11.8 Å². The molecule has 0 saturated carbocycles. The highest BCUT2D eigenvalue weighted by Crippen LogP contribution is 2.12. The van der Waals surface area contributed by atoms with Crippen LogP contribution in [-0.4, -0.2) is 58.6 Å². The van der Waals surface area contributed by atoms with E-state index >= 15 is 0 Å². The number of hydrogen-bond acceptors (Lipinski definition) is 5. The number of ether oxygens (including phenoxy) is 1. The lowest BCUT2D eigenvalue weighted by Crippen LogP contribution is -2.53. The van der Waals surface area contributed by atoms with E-state index in [9.17, 15) is 24.6 Å². The average Bonchev–Trinajstić information content (AvgIpc) is 2.53. The van der Waals surface area contributed by atoms with E-state index in [1.807, 2.05) is 20.8 Å². The number of carboxylic acid groups (broad SMARTS) is 1. The summed E-state index contributed by atoms with van der Waals surface area (Å²) in [5.41, 5.74) is -0.669. The predicted octanol–water partition coefficient (Wildman–Crippen LogP) is 2.09. The molecule has 0 aliphatic carbocycles. The molecule has 0 rings (SSSR count). The molecule has 0 radical (unpaired) electrons. The Kier molecular flexibility index (Phi) is 10.9. The van der Waals surface area contributed by atoms with Crippen molar-refractivity contribution in [3.8, 4) is 0 Å². The van der Waals surface area contributed by atoms with E-state index < -0.39 is 41.9 Å². The van der Waals surface area contributed by atoms with E-state index in [0.717, 1.165) is 0 Å². The van der Waals surface area contributed by atoms with Gasteiger partial charge in [-0.25, -0.2) is 14.4 Å². The van der Waals surface area contributed by atoms with Crippen molar-refractivity contribution in [3.05, 3.63) is 0 Å². The van der Waals surface area contributed by atoms with Gasteiger partial charge in [-0.1, -0.05) is 34.1 Å². The molecule has 0 fully saturated rings. The van der Waals surface area contributed by atoms with Crippen LogP contribution in [0.25, 0.3) is 0 Å². The Hall–Kier alpha value is -2.03. The van der Waals surface area contributed by atoms with Crippen molar-refractivity contribution in [1.82, 2.24) is 16.0 Å². The molecule has 0 spiro atoms. The Labute approximate surface area is 167 Å². The maximum Gasteiger partial charge on any atom is 0.407 e. The van der Waals surface area contributed by atoms with E-state index in [-0.39, 0.29) is 18.4 Å². The normalized spacial score (nSPS) is 15.9. The van der Waals surface area contributed by atoms with Crippen LogP contribution in [0.1, 0.15) is 61.3 Å². The fourth-order valence-electron chi connectivity index (χ4n) is 2.49. The number of rotatable bonds is 10. The lowest BCUT2D eigenvalue weighted by molar-refractivity contribution is -0.140. The number of aliphatic carboxylic acids is 1. The Morgan fingerprint density at radius 1 is 1.07 bits per heavy atom. The Morgan fingerprint density at radius 3 is 2.07 bits per heavy atom. The lowest BCUT2D eigenvalue weighted by atomic mass is 9.99. The summed E-state index contributed by atoms with van der Waals surface area (Å²) in [7, 11) is 0. The molecule has 0 aliphatic heterocycles. The van der Waals surface area contributed by atoms with Gasteiger partial charge in [0.2, 0.25) is 0 Å². The quantitative estimate of drug-likeness (QED) is 0.379. The molecule has 3 amide bonds. The summed E-state index contributed by atoms with van der Waals surface area (Å²) >= 11 is 0. The van der Waals surface area contributed by atoms with E-state index in [0.29, 0.717) is 12.8 Å². The molecular formula is C19H37N3O6. The van der Waals surface area contributed by atoms with Crippen LogP contribution in [0.2, 0.25) is 0 Å². The molecule has 9 heteroatoms. The molecule has 0 aliphatic rings. The number of nitrogens with one attached hydrogen (secondary N) is 3. The number of hydrogen-bond donors (Lipinski definition) is 5. The van der Waals surface area contributed by atoms with Crippen LogP contribution in [0.3, 0.4) is 0 Å². The maximum absolute atomic E-state index is 12.0. The highest BCUT2D eigenvalue weighted by molar-refractivity contribution is 5.82. The summed E-state index contributed by atoms with van der Waals surface area (Å²) in [6.45, 7) is 12.5. The lowest BCUT2D eigenvalue weighted by Gasteiger charge is -2.28. The number of urea groups is 1. The summed E-state index contributed by atoms with van der Waals surface area (Å²) < 4.78 is 5.22. The van der Waals surface area contributed by atoms with Gasteiger partial charge in [-0.15, -0.1) is 0 Å². The topological polar surface area (TPSA) is 137 Å². The molecule has 4 atom stereocenters. The fourth-order valence-corrected chi connectivity index (χ4v) is 2.49. The number of aliphatic hydroxyl groups is 1. The molecule has 0 bridgehead atoms. The van der Waals surface area contributed by atoms with Crippen LogP contribution in [-0.2, 0) is 9.53 Å². The summed E-state index contributed by atoms with van der Waals surface area (Å²) in [6, 6.07) is -2.33. The second kappa shape index (κ2) is 11.7. The highest BCUT2D eigenvalue weighted by Gasteiger charge is 2.28. The number of carboxylic acids is 1. The minimum absolute atomic E-state index is 0.147. The minimum Gasteiger partial charge on any atom is -0.480 e. The van der Waals surface area contributed by atoms with E-state index in [1.54, 1.807) is 27.7 Å². The molecule has 0 aromatic carbocycles. The Morgan fingerprint density at radius 2 is 1.64 bits per heavy atom. The van der Waals surface area contributed by atoms with Crippen LogP contribution in [0, 0.1) is 11.8 Å². The van der Waals surface area contributed by atoms with Gasteiger partial charge in [0.1, 0.15) is 11.6 Å². The third kappa shape index (κ3) is 11.0. The molecule has 0 aromatic heterocycles. The fraction of sp³-hybridized carbons (Fsp3) is 0.842. The van der Waals surface area contributed by atoms with Gasteiger partial charge in [-0.3, -0.25) is 0 Å². The summed E-state index contributed by atoms with van der Waals surface area (Å²) in [5.74, 6) is -1.17. The van der Waals surface area contributed by atoms with Gasteiger partial charge in [-0.2, -0.15) is 0 Å². The summed E-state index contributed by atoms with van der Waals surface area (Å²) in [6.07, 6.45) is -0.637. The van der Waals surface area contributed by atoms with Crippen LogP contribution in [0.15, 0.2) is 0 Å². The van der Waals surface area contributed by atoms with Gasteiger partial charge in [0, 0.05) is 6.54 Å². The van der Waals surface area contributed by atoms with Crippen molar-refractivity contribution in [2.75, 3.05) is 6.54 Å². The second-order valence-electron chi connectivity index (χ2n) is 8.51. The van der Waals surface area contributed by atoms with Crippen molar-refractivity contribution in [3.63, 3.8) is 0 Å². The molecule has 0 heterocycles. The average molecular weight is 404 g/mol. The first kappa shape index (κ1) is 26.0. The van der Waals surface area contributed by atoms with Gasteiger partial charge in [0.05, 0.1) is 12.1 Å². The molecule has 164 valence electrons. The van der Waals surface area contributed by atoms with Gasteiger partial charge < -0.3 is 30.9 Å². The standard InChI is InChI=1S/C19H37N3O6/c1-8-12(4)15(16(24)25)22-17(26)20-10-14(23)13(9-11(2)3)21-18(27)28-19(5,6)7/h11-15,23H,8-10H2,1-7H3,(H,21,27)(H,24,25)(H2,20,22,26)/t12-,13-,14?,15-/m0/s1. The molecule has 1 unspecified atom stereocenters.